The van der Waals surface area contributed by atoms with Gasteiger partial charge in [-0.1, -0.05) is 37.3 Å². The number of likely N-dealkylation sites (N-methyl/N-ethyl adjacent to an activating group) is 2. The van der Waals surface area contributed by atoms with Crippen molar-refractivity contribution in [1.29, 1.82) is 0 Å². The Balaban J connectivity index is 2.28. The molecule has 0 aliphatic heterocycles. The predicted molar refractivity (Wildman–Crippen MR) is 84.2 cm³/mol. The summed E-state index contributed by atoms with van der Waals surface area (Å²) in [4.78, 5) is 14.2. The molecule has 1 aliphatic carbocycles. The van der Waals surface area contributed by atoms with Crippen molar-refractivity contribution >= 4 is 5.97 Å². The Morgan fingerprint density at radius 3 is 2.52 bits per heavy atom. The lowest BCUT2D eigenvalue weighted by Gasteiger charge is -2.37. The molecule has 0 spiro atoms. The lowest BCUT2D eigenvalue weighted by atomic mass is 9.88. The number of nitrogens with one attached hydrogen (secondary N) is 1. The van der Waals surface area contributed by atoms with E-state index in [0.29, 0.717) is 19.1 Å². The Hall–Kier alpha value is -1.39. The highest BCUT2D eigenvalue weighted by atomic mass is 16.4. The van der Waals surface area contributed by atoms with E-state index in [0.717, 1.165) is 11.5 Å². The summed E-state index contributed by atoms with van der Waals surface area (Å²) in [5, 5.41) is 13.1. The van der Waals surface area contributed by atoms with Gasteiger partial charge >= 0.3 is 5.97 Å². The van der Waals surface area contributed by atoms with Crippen LogP contribution >= 0.6 is 0 Å². The largest absolute Gasteiger partial charge is 0.480 e. The van der Waals surface area contributed by atoms with Crippen molar-refractivity contribution in [3.05, 3.63) is 35.9 Å². The van der Waals surface area contributed by atoms with Crippen LogP contribution in [0.3, 0.4) is 0 Å². The minimum absolute atomic E-state index is 0.422. The van der Waals surface area contributed by atoms with Crippen LogP contribution in [0.4, 0.5) is 0 Å². The van der Waals surface area contributed by atoms with Gasteiger partial charge < -0.3 is 10.0 Å². The monoisotopic (exact) mass is 290 g/mol. The Morgan fingerprint density at radius 1 is 1.43 bits per heavy atom. The molecule has 1 saturated carbocycles. The first-order valence-electron chi connectivity index (χ1n) is 7.75. The molecule has 116 valence electrons. The SMILES string of the molecule is CCNC(CN(C)C(C)C1CC1)(C(=O)O)c1ccccc1. The molecule has 4 heteroatoms. The van der Waals surface area contributed by atoms with Crippen molar-refractivity contribution < 1.29 is 9.90 Å². The second-order valence-electron chi connectivity index (χ2n) is 6.10. The van der Waals surface area contributed by atoms with E-state index in [9.17, 15) is 9.90 Å². The van der Waals surface area contributed by atoms with E-state index in [4.69, 9.17) is 0 Å². The maximum absolute atomic E-state index is 12.1. The van der Waals surface area contributed by atoms with Crippen molar-refractivity contribution in [2.24, 2.45) is 5.92 Å². The number of hydrogen-bond acceptors (Lipinski definition) is 3. The summed E-state index contributed by atoms with van der Waals surface area (Å²) in [5.74, 6) is -0.0932. The summed E-state index contributed by atoms with van der Waals surface area (Å²) in [6.07, 6.45) is 2.52. The zero-order valence-electron chi connectivity index (χ0n) is 13.2. The van der Waals surface area contributed by atoms with E-state index < -0.39 is 11.5 Å². The molecule has 2 unspecified atom stereocenters. The van der Waals surface area contributed by atoms with E-state index in [2.05, 4.69) is 17.1 Å². The smallest absolute Gasteiger partial charge is 0.329 e. The molecule has 0 amide bonds. The van der Waals surface area contributed by atoms with E-state index in [1.54, 1.807) is 0 Å². The fraction of sp³-hybridized carbons (Fsp3) is 0.588. The number of aliphatic carboxylic acids is 1. The number of carboxylic acids is 1. The van der Waals surface area contributed by atoms with Gasteiger partial charge in [-0.25, -0.2) is 4.79 Å². The number of benzene rings is 1. The van der Waals surface area contributed by atoms with Crippen LogP contribution in [0.2, 0.25) is 0 Å². The Morgan fingerprint density at radius 2 is 2.05 bits per heavy atom. The molecule has 2 atom stereocenters. The van der Waals surface area contributed by atoms with E-state index in [-0.39, 0.29) is 0 Å². The van der Waals surface area contributed by atoms with Crippen LogP contribution in [0.15, 0.2) is 30.3 Å². The first-order valence-corrected chi connectivity index (χ1v) is 7.75. The third kappa shape index (κ3) is 3.44. The highest BCUT2D eigenvalue weighted by Gasteiger charge is 2.42. The minimum atomic E-state index is -1.05. The summed E-state index contributed by atoms with van der Waals surface area (Å²) in [7, 11) is 2.03. The summed E-state index contributed by atoms with van der Waals surface area (Å²) in [5.41, 5.74) is -0.234. The number of nitrogens with zero attached hydrogens (tertiary/aromatic N) is 1. The van der Waals surface area contributed by atoms with Crippen LogP contribution in [0.5, 0.6) is 0 Å². The average molecular weight is 290 g/mol. The van der Waals surface area contributed by atoms with Gasteiger partial charge in [0.05, 0.1) is 0 Å². The van der Waals surface area contributed by atoms with Gasteiger partial charge in [0.1, 0.15) is 0 Å². The highest BCUT2D eigenvalue weighted by Crippen LogP contribution is 2.35. The topological polar surface area (TPSA) is 52.6 Å². The Labute approximate surface area is 127 Å². The van der Waals surface area contributed by atoms with Crippen molar-refractivity contribution in [2.75, 3.05) is 20.1 Å². The standard InChI is InChI=1S/C17H26N2O2/c1-4-18-17(16(20)21,15-8-6-5-7-9-15)12-19(3)13(2)14-10-11-14/h5-9,13-14,18H,4,10-12H2,1-3H3,(H,20,21). The molecule has 2 rings (SSSR count). The molecule has 0 aromatic heterocycles. The van der Waals surface area contributed by atoms with Crippen LogP contribution < -0.4 is 5.32 Å². The molecule has 21 heavy (non-hydrogen) atoms. The molecule has 1 fully saturated rings. The maximum atomic E-state index is 12.1. The van der Waals surface area contributed by atoms with Crippen LogP contribution in [0.1, 0.15) is 32.3 Å². The third-order valence-electron chi connectivity index (χ3n) is 4.60. The van der Waals surface area contributed by atoms with Gasteiger partial charge in [0, 0.05) is 12.6 Å². The van der Waals surface area contributed by atoms with E-state index >= 15 is 0 Å². The summed E-state index contributed by atoms with van der Waals surface area (Å²) in [6, 6.07) is 9.92. The Bertz CT molecular complexity index is 473. The van der Waals surface area contributed by atoms with Crippen LogP contribution in [0, 0.1) is 5.92 Å². The molecule has 0 heterocycles. The Kier molecular flexibility index (Phi) is 5.01. The third-order valence-corrected chi connectivity index (χ3v) is 4.60. The molecule has 2 N–H and O–H groups in total. The lowest BCUT2D eigenvalue weighted by Crippen LogP contribution is -2.57. The van der Waals surface area contributed by atoms with Gasteiger partial charge in [0.2, 0.25) is 0 Å². The fourth-order valence-corrected chi connectivity index (χ4v) is 3.00. The van der Waals surface area contributed by atoms with Gasteiger partial charge in [-0.2, -0.15) is 0 Å². The fourth-order valence-electron chi connectivity index (χ4n) is 3.00. The van der Waals surface area contributed by atoms with Crippen molar-refractivity contribution in [1.82, 2.24) is 10.2 Å². The second kappa shape index (κ2) is 6.58. The molecule has 1 aromatic rings. The van der Waals surface area contributed by atoms with Crippen LogP contribution in [-0.2, 0) is 10.3 Å². The van der Waals surface area contributed by atoms with Gasteiger partial charge in [-0.3, -0.25) is 5.32 Å². The molecule has 1 aliphatic rings. The zero-order valence-corrected chi connectivity index (χ0v) is 13.2. The van der Waals surface area contributed by atoms with Crippen molar-refractivity contribution in [3.63, 3.8) is 0 Å². The van der Waals surface area contributed by atoms with Crippen molar-refractivity contribution in [2.45, 2.75) is 38.3 Å². The molecular formula is C17H26N2O2. The van der Waals surface area contributed by atoms with Gasteiger partial charge in [-0.15, -0.1) is 0 Å². The van der Waals surface area contributed by atoms with E-state index in [1.807, 2.05) is 44.3 Å². The van der Waals surface area contributed by atoms with Crippen LogP contribution in [-0.4, -0.2) is 42.2 Å². The molecule has 1 aromatic carbocycles. The van der Waals surface area contributed by atoms with Gasteiger partial charge in [0.25, 0.3) is 0 Å². The minimum Gasteiger partial charge on any atom is -0.480 e. The van der Waals surface area contributed by atoms with Gasteiger partial charge in [0.15, 0.2) is 5.54 Å². The highest BCUT2D eigenvalue weighted by molar-refractivity contribution is 5.81. The van der Waals surface area contributed by atoms with E-state index in [1.165, 1.54) is 12.8 Å². The van der Waals surface area contributed by atoms with Crippen molar-refractivity contribution in [3.8, 4) is 0 Å². The second-order valence-corrected chi connectivity index (χ2v) is 6.10. The zero-order chi connectivity index (χ0) is 15.5. The first-order chi connectivity index (χ1) is 10.0. The number of rotatable bonds is 8. The van der Waals surface area contributed by atoms with Crippen LogP contribution in [0.25, 0.3) is 0 Å². The summed E-state index contributed by atoms with van der Waals surface area (Å²) < 4.78 is 0. The quantitative estimate of drug-likeness (QED) is 0.771. The molecule has 0 radical (unpaired) electrons. The summed E-state index contributed by atoms with van der Waals surface area (Å²) in [6.45, 7) is 5.23. The molecule has 4 nitrogen and oxygen atoms in total. The maximum Gasteiger partial charge on any atom is 0.329 e. The molecule has 0 bridgehead atoms. The number of carboxylic acid groups (broad SMARTS) is 1. The van der Waals surface area contributed by atoms with Gasteiger partial charge in [-0.05, 0) is 44.8 Å². The normalized spacial score (nSPS) is 19.2. The molecular weight excluding hydrogens is 264 g/mol. The lowest BCUT2D eigenvalue weighted by molar-refractivity contribution is -0.146. The summed E-state index contributed by atoms with van der Waals surface area (Å²) >= 11 is 0. The number of hydrogen-bond donors (Lipinski definition) is 2. The molecule has 0 saturated heterocycles. The average Bonchev–Trinajstić information content (AvgIpc) is 3.31. The predicted octanol–water partition coefficient (Wildman–Crippen LogP) is 2.31. The number of carbonyl (C=O) groups is 1. The first kappa shape index (κ1) is 16.0.